The SMILES string of the molecule is CCCCCCc1cc2c(cc1O)C(=O)CC2. The van der Waals surface area contributed by atoms with Gasteiger partial charge in [-0.3, -0.25) is 4.79 Å². The smallest absolute Gasteiger partial charge is 0.163 e. The number of aryl methyl sites for hydroxylation is 2. The van der Waals surface area contributed by atoms with Crippen molar-refractivity contribution in [2.45, 2.75) is 51.9 Å². The fraction of sp³-hybridized carbons (Fsp3) is 0.533. The topological polar surface area (TPSA) is 37.3 Å². The van der Waals surface area contributed by atoms with Crippen LogP contribution in [0.15, 0.2) is 12.1 Å². The van der Waals surface area contributed by atoms with Crippen LogP contribution in [0.3, 0.4) is 0 Å². The minimum Gasteiger partial charge on any atom is -0.508 e. The van der Waals surface area contributed by atoms with Gasteiger partial charge in [-0.05, 0) is 36.5 Å². The molecule has 1 aromatic carbocycles. The molecule has 0 radical (unpaired) electrons. The fourth-order valence-corrected chi connectivity index (χ4v) is 2.48. The third-order valence-corrected chi connectivity index (χ3v) is 3.53. The molecule has 92 valence electrons. The van der Waals surface area contributed by atoms with Crippen molar-refractivity contribution >= 4 is 5.78 Å². The number of hydrogen-bond acceptors (Lipinski definition) is 2. The molecule has 1 aliphatic carbocycles. The molecule has 0 saturated heterocycles. The molecule has 1 aromatic rings. The van der Waals surface area contributed by atoms with E-state index in [9.17, 15) is 9.90 Å². The van der Waals surface area contributed by atoms with E-state index in [-0.39, 0.29) is 5.78 Å². The van der Waals surface area contributed by atoms with Crippen LogP contribution >= 0.6 is 0 Å². The second-order valence-corrected chi connectivity index (χ2v) is 4.87. The lowest BCUT2D eigenvalue weighted by molar-refractivity contribution is 0.0994. The summed E-state index contributed by atoms with van der Waals surface area (Å²) in [6.07, 6.45) is 7.19. The Labute approximate surface area is 103 Å². The van der Waals surface area contributed by atoms with Gasteiger partial charge in [0.2, 0.25) is 0 Å². The first-order chi connectivity index (χ1) is 8.22. The first-order valence-corrected chi connectivity index (χ1v) is 6.60. The molecule has 2 heteroatoms. The molecule has 0 heterocycles. The molecule has 1 N–H and O–H groups in total. The Morgan fingerprint density at radius 2 is 2.00 bits per heavy atom. The molecule has 0 amide bonds. The highest BCUT2D eigenvalue weighted by Crippen LogP contribution is 2.30. The molecule has 0 atom stereocenters. The number of ketones is 1. The van der Waals surface area contributed by atoms with Crippen LogP contribution in [0.25, 0.3) is 0 Å². The summed E-state index contributed by atoms with van der Waals surface area (Å²) in [5.41, 5.74) is 2.87. The first kappa shape index (κ1) is 12.2. The molecule has 0 saturated carbocycles. The monoisotopic (exact) mass is 232 g/mol. The van der Waals surface area contributed by atoms with Crippen molar-refractivity contribution in [2.75, 3.05) is 0 Å². The van der Waals surface area contributed by atoms with Gasteiger partial charge >= 0.3 is 0 Å². The highest BCUT2D eigenvalue weighted by molar-refractivity contribution is 6.00. The van der Waals surface area contributed by atoms with Crippen molar-refractivity contribution in [1.29, 1.82) is 0 Å². The molecule has 0 fully saturated rings. The highest BCUT2D eigenvalue weighted by Gasteiger charge is 2.21. The Hall–Kier alpha value is -1.31. The summed E-state index contributed by atoms with van der Waals surface area (Å²) >= 11 is 0. The Balaban J connectivity index is 2.06. The summed E-state index contributed by atoms with van der Waals surface area (Å²) in [7, 11) is 0. The lowest BCUT2D eigenvalue weighted by Gasteiger charge is -2.07. The van der Waals surface area contributed by atoms with Crippen molar-refractivity contribution in [3.8, 4) is 5.75 Å². The summed E-state index contributed by atoms with van der Waals surface area (Å²) in [5.74, 6) is 0.475. The third kappa shape index (κ3) is 2.68. The Morgan fingerprint density at radius 1 is 1.18 bits per heavy atom. The van der Waals surface area contributed by atoms with Crippen LogP contribution in [0.5, 0.6) is 5.75 Å². The van der Waals surface area contributed by atoms with E-state index < -0.39 is 0 Å². The Bertz CT molecular complexity index is 421. The normalized spacial score (nSPS) is 14.1. The minimum absolute atomic E-state index is 0.174. The molecule has 0 spiro atoms. The van der Waals surface area contributed by atoms with Gasteiger partial charge in [0.1, 0.15) is 5.75 Å². The molecule has 2 rings (SSSR count). The third-order valence-electron chi connectivity index (χ3n) is 3.53. The molecule has 17 heavy (non-hydrogen) atoms. The molecule has 1 aliphatic rings. The zero-order valence-electron chi connectivity index (χ0n) is 10.5. The number of phenolic OH excluding ortho intramolecular Hbond substituents is 1. The van der Waals surface area contributed by atoms with Crippen LogP contribution in [-0.4, -0.2) is 10.9 Å². The lowest BCUT2D eigenvalue weighted by atomic mass is 10.00. The zero-order valence-corrected chi connectivity index (χ0v) is 10.5. The molecule has 0 aliphatic heterocycles. The maximum Gasteiger partial charge on any atom is 0.163 e. The predicted molar refractivity (Wildman–Crippen MR) is 68.6 cm³/mol. The van der Waals surface area contributed by atoms with E-state index in [2.05, 4.69) is 6.92 Å². The highest BCUT2D eigenvalue weighted by atomic mass is 16.3. The van der Waals surface area contributed by atoms with Crippen molar-refractivity contribution < 1.29 is 9.90 Å². The summed E-state index contributed by atoms with van der Waals surface area (Å²) in [4.78, 5) is 11.5. The number of phenols is 1. The van der Waals surface area contributed by atoms with Crippen molar-refractivity contribution in [3.63, 3.8) is 0 Å². The van der Waals surface area contributed by atoms with Gasteiger partial charge in [0.05, 0.1) is 0 Å². The Morgan fingerprint density at radius 3 is 2.76 bits per heavy atom. The van der Waals surface area contributed by atoms with Gasteiger partial charge in [-0.15, -0.1) is 0 Å². The predicted octanol–water partition coefficient (Wildman–Crippen LogP) is 3.64. The summed E-state index contributed by atoms with van der Waals surface area (Å²) in [6.45, 7) is 2.19. The largest absolute Gasteiger partial charge is 0.508 e. The molecular formula is C15H20O2. The average molecular weight is 232 g/mol. The van der Waals surface area contributed by atoms with Crippen LogP contribution in [0.1, 0.15) is 60.5 Å². The number of unbranched alkanes of at least 4 members (excludes halogenated alkanes) is 3. The quantitative estimate of drug-likeness (QED) is 0.787. The van der Waals surface area contributed by atoms with Gasteiger partial charge in [-0.25, -0.2) is 0 Å². The van der Waals surface area contributed by atoms with Gasteiger partial charge in [0.25, 0.3) is 0 Å². The second kappa shape index (κ2) is 5.35. The van der Waals surface area contributed by atoms with Gasteiger partial charge in [0, 0.05) is 12.0 Å². The lowest BCUT2D eigenvalue weighted by Crippen LogP contribution is -1.94. The van der Waals surface area contributed by atoms with E-state index >= 15 is 0 Å². The van der Waals surface area contributed by atoms with Crippen LogP contribution < -0.4 is 0 Å². The number of benzene rings is 1. The van der Waals surface area contributed by atoms with E-state index in [0.717, 1.165) is 36.0 Å². The van der Waals surface area contributed by atoms with Crippen molar-refractivity contribution in [1.82, 2.24) is 0 Å². The number of Topliss-reactive ketones (excluding diaryl/α,β-unsaturated/α-hetero) is 1. The first-order valence-electron chi connectivity index (χ1n) is 6.60. The summed E-state index contributed by atoms with van der Waals surface area (Å²) in [5, 5.41) is 9.90. The van der Waals surface area contributed by atoms with E-state index in [4.69, 9.17) is 0 Å². The number of hydrogen-bond donors (Lipinski definition) is 1. The van der Waals surface area contributed by atoms with Gasteiger partial charge < -0.3 is 5.11 Å². The van der Waals surface area contributed by atoms with Crippen molar-refractivity contribution in [2.24, 2.45) is 0 Å². The van der Waals surface area contributed by atoms with E-state index in [1.165, 1.54) is 19.3 Å². The van der Waals surface area contributed by atoms with E-state index in [0.29, 0.717) is 12.2 Å². The van der Waals surface area contributed by atoms with Crippen LogP contribution in [0.2, 0.25) is 0 Å². The van der Waals surface area contributed by atoms with E-state index in [1.54, 1.807) is 6.07 Å². The molecule has 0 aromatic heterocycles. The van der Waals surface area contributed by atoms with Gasteiger partial charge in [-0.2, -0.15) is 0 Å². The summed E-state index contributed by atoms with van der Waals surface area (Å²) in [6, 6.07) is 3.70. The maximum absolute atomic E-state index is 11.5. The summed E-state index contributed by atoms with van der Waals surface area (Å²) < 4.78 is 0. The number of fused-ring (bicyclic) bond motifs is 1. The number of carbonyl (C=O) groups is 1. The molecule has 0 bridgehead atoms. The fourth-order valence-electron chi connectivity index (χ4n) is 2.48. The van der Waals surface area contributed by atoms with Gasteiger partial charge in [0.15, 0.2) is 5.78 Å². The zero-order chi connectivity index (χ0) is 12.3. The molecule has 0 unspecified atom stereocenters. The van der Waals surface area contributed by atoms with Crippen LogP contribution in [0.4, 0.5) is 0 Å². The van der Waals surface area contributed by atoms with Crippen LogP contribution in [-0.2, 0) is 12.8 Å². The van der Waals surface area contributed by atoms with Gasteiger partial charge in [-0.1, -0.05) is 32.3 Å². The number of carbonyl (C=O) groups excluding carboxylic acids is 1. The second-order valence-electron chi connectivity index (χ2n) is 4.87. The Kier molecular flexibility index (Phi) is 3.82. The number of rotatable bonds is 5. The van der Waals surface area contributed by atoms with E-state index in [1.807, 2.05) is 6.07 Å². The molecular weight excluding hydrogens is 212 g/mol. The molecule has 2 nitrogen and oxygen atoms in total. The standard InChI is InChI=1S/C15H20O2/c1-2-3-4-5-6-12-9-11-7-8-14(16)13(11)10-15(12)17/h9-10,17H,2-8H2,1H3. The maximum atomic E-state index is 11.5. The minimum atomic E-state index is 0.174. The average Bonchev–Trinajstić information content (AvgIpc) is 2.66. The van der Waals surface area contributed by atoms with Crippen molar-refractivity contribution in [3.05, 3.63) is 28.8 Å². The number of aromatic hydroxyl groups is 1. The van der Waals surface area contributed by atoms with Crippen LogP contribution in [0, 0.1) is 0 Å².